The Morgan fingerprint density at radius 1 is 1.42 bits per heavy atom. The van der Waals surface area contributed by atoms with Gasteiger partial charge in [0.15, 0.2) is 0 Å². The van der Waals surface area contributed by atoms with Crippen LogP contribution in [0.4, 0.5) is 5.69 Å². The van der Waals surface area contributed by atoms with Gasteiger partial charge in [0.25, 0.3) is 10.0 Å². The molecule has 1 atom stereocenters. The fourth-order valence-corrected chi connectivity index (χ4v) is 3.42. The average molecular weight is 302 g/mol. The Morgan fingerprint density at radius 2 is 2.26 bits per heavy atom. The van der Waals surface area contributed by atoms with E-state index in [9.17, 15) is 8.42 Å². The molecule has 3 rings (SSSR count). The van der Waals surface area contributed by atoms with Crippen LogP contribution in [0.3, 0.4) is 0 Å². The second-order valence-electron chi connectivity index (χ2n) is 4.37. The van der Waals surface area contributed by atoms with Crippen molar-refractivity contribution in [1.82, 2.24) is 4.72 Å². The van der Waals surface area contributed by atoms with Gasteiger partial charge >= 0.3 is 0 Å². The van der Waals surface area contributed by atoms with Crippen molar-refractivity contribution in [2.75, 3.05) is 18.5 Å². The molecule has 1 aromatic rings. The summed E-state index contributed by atoms with van der Waals surface area (Å²) < 4.78 is 31.8. The number of hydrogen-bond acceptors (Lipinski definition) is 4. The number of sulfonamides is 1. The van der Waals surface area contributed by atoms with E-state index in [1.165, 1.54) is 6.07 Å². The third kappa shape index (κ3) is 2.54. The van der Waals surface area contributed by atoms with E-state index in [-0.39, 0.29) is 16.9 Å². The summed E-state index contributed by atoms with van der Waals surface area (Å²) in [6.45, 7) is 1.17. The second kappa shape index (κ2) is 4.66. The van der Waals surface area contributed by atoms with Crippen molar-refractivity contribution in [1.29, 1.82) is 0 Å². The number of rotatable bonds is 1. The van der Waals surface area contributed by atoms with Crippen LogP contribution in [0.2, 0.25) is 5.02 Å². The molecule has 0 aliphatic carbocycles. The maximum Gasteiger partial charge on any atom is 0.266 e. The number of fused-ring (bicyclic) bond motifs is 1. The zero-order valence-corrected chi connectivity index (χ0v) is 11.5. The highest BCUT2D eigenvalue weighted by Gasteiger charge is 2.27. The molecule has 1 saturated heterocycles. The number of ether oxygens (including phenoxy) is 1. The predicted molar refractivity (Wildman–Crippen MR) is 72.1 cm³/mol. The van der Waals surface area contributed by atoms with E-state index in [1.807, 2.05) is 0 Å². The van der Waals surface area contributed by atoms with Gasteiger partial charge in [0.2, 0.25) is 5.96 Å². The molecule has 102 valence electrons. The maximum absolute atomic E-state index is 12.1. The normalized spacial score (nSPS) is 26.6. The molecular weight excluding hydrogens is 290 g/mol. The minimum atomic E-state index is -3.62. The number of nitrogens with zero attached hydrogens (tertiary/aromatic N) is 1. The summed E-state index contributed by atoms with van der Waals surface area (Å²) in [6.07, 6.45) is 0.792. The van der Waals surface area contributed by atoms with Gasteiger partial charge < -0.3 is 10.1 Å². The second-order valence-corrected chi connectivity index (χ2v) is 6.45. The molecule has 0 aromatic heterocycles. The minimum Gasteiger partial charge on any atom is -0.379 e. The van der Waals surface area contributed by atoms with E-state index in [2.05, 4.69) is 15.0 Å². The summed E-state index contributed by atoms with van der Waals surface area (Å²) >= 11 is 5.81. The van der Waals surface area contributed by atoms with Crippen molar-refractivity contribution >= 4 is 33.3 Å². The van der Waals surface area contributed by atoms with Crippen LogP contribution in [0.25, 0.3) is 0 Å². The van der Waals surface area contributed by atoms with Crippen molar-refractivity contribution in [3.8, 4) is 0 Å². The van der Waals surface area contributed by atoms with Crippen molar-refractivity contribution in [2.24, 2.45) is 4.99 Å². The average Bonchev–Trinajstić information content (AvgIpc) is 2.82. The molecule has 2 aliphatic heterocycles. The Kier molecular flexibility index (Phi) is 3.12. The molecule has 0 bridgehead atoms. The molecule has 0 amide bonds. The monoisotopic (exact) mass is 301 g/mol. The molecule has 2 heterocycles. The first-order valence-electron chi connectivity index (χ1n) is 5.79. The number of anilines is 1. The first-order chi connectivity index (χ1) is 9.04. The van der Waals surface area contributed by atoms with Crippen LogP contribution in [-0.4, -0.2) is 33.6 Å². The van der Waals surface area contributed by atoms with Gasteiger partial charge in [0, 0.05) is 11.6 Å². The summed E-state index contributed by atoms with van der Waals surface area (Å²) in [5.74, 6) is 0.227. The van der Waals surface area contributed by atoms with Crippen molar-refractivity contribution in [3.63, 3.8) is 0 Å². The number of guanidine groups is 1. The predicted octanol–water partition coefficient (Wildman–Crippen LogP) is 1.19. The smallest absolute Gasteiger partial charge is 0.266 e. The number of halogens is 1. The van der Waals surface area contributed by atoms with Gasteiger partial charge in [-0.25, -0.2) is 18.1 Å². The Morgan fingerprint density at radius 3 is 3.00 bits per heavy atom. The van der Waals surface area contributed by atoms with E-state index >= 15 is 0 Å². The molecule has 0 spiro atoms. The summed E-state index contributed by atoms with van der Waals surface area (Å²) in [4.78, 5) is 4.44. The Hall–Kier alpha value is -1.31. The topological polar surface area (TPSA) is 79.8 Å². The first kappa shape index (κ1) is 12.7. The third-order valence-electron chi connectivity index (χ3n) is 2.93. The molecule has 2 aliphatic rings. The summed E-state index contributed by atoms with van der Waals surface area (Å²) in [6, 6.07) is 4.64. The molecule has 0 radical (unpaired) electrons. The number of nitrogens with one attached hydrogen (secondary N) is 2. The zero-order chi connectivity index (χ0) is 13.5. The zero-order valence-electron chi connectivity index (χ0n) is 9.89. The molecule has 2 N–H and O–H groups in total. The van der Waals surface area contributed by atoms with E-state index < -0.39 is 10.0 Å². The lowest BCUT2D eigenvalue weighted by atomic mass is 10.3. The standard InChI is InChI=1S/C11H12ClN3O3S/c12-7-1-2-9-10(5-7)19(16,17)15-11(14-9)13-8-3-4-18-6-8/h1-2,5,8H,3-4,6H2,(H2,13,14,15)/t8-/m1/s1. The van der Waals surface area contributed by atoms with Gasteiger partial charge in [-0.1, -0.05) is 11.6 Å². The highest BCUT2D eigenvalue weighted by molar-refractivity contribution is 7.90. The largest absolute Gasteiger partial charge is 0.379 e. The van der Waals surface area contributed by atoms with Crippen molar-refractivity contribution < 1.29 is 13.2 Å². The summed E-state index contributed by atoms with van der Waals surface area (Å²) in [7, 11) is -3.62. The lowest BCUT2D eigenvalue weighted by molar-refractivity contribution is 0.194. The molecule has 8 heteroatoms. The summed E-state index contributed by atoms with van der Waals surface area (Å²) in [5.41, 5.74) is 0.473. The van der Waals surface area contributed by atoms with Gasteiger partial charge in [-0.2, -0.15) is 0 Å². The Bertz CT molecular complexity index is 639. The van der Waals surface area contributed by atoms with Gasteiger partial charge in [0.1, 0.15) is 4.90 Å². The van der Waals surface area contributed by atoms with Crippen LogP contribution < -0.4 is 10.0 Å². The molecule has 6 nitrogen and oxygen atoms in total. The fraction of sp³-hybridized carbons (Fsp3) is 0.364. The van der Waals surface area contributed by atoms with E-state index in [0.717, 1.165) is 6.42 Å². The highest BCUT2D eigenvalue weighted by atomic mass is 35.5. The van der Waals surface area contributed by atoms with Crippen LogP contribution in [0.5, 0.6) is 0 Å². The lowest BCUT2D eigenvalue weighted by Crippen LogP contribution is -2.41. The molecular formula is C11H12ClN3O3S. The van der Waals surface area contributed by atoms with Gasteiger partial charge in [-0.05, 0) is 24.6 Å². The maximum atomic E-state index is 12.1. The number of hydrogen-bond donors (Lipinski definition) is 2. The van der Waals surface area contributed by atoms with Crippen LogP contribution in [0, 0.1) is 0 Å². The van der Waals surface area contributed by atoms with Gasteiger partial charge in [-0.3, -0.25) is 0 Å². The minimum absolute atomic E-state index is 0.0148. The number of aliphatic imine (C=N–C) groups is 1. The van der Waals surface area contributed by atoms with Gasteiger partial charge in [0.05, 0.1) is 18.3 Å². The van der Waals surface area contributed by atoms with Crippen LogP contribution >= 0.6 is 11.6 Å². The highest BCUT2D eigenvalue weighted by Crippen LogP contribution is 2.27. The quantitative estimate of drug-likeness (QED) is 0.816. The van der Waals surface area contributed by atoms with Crippen LogP contribution in [0.15, 0.2) is 28.1 Å². The van der Waals surface area contributed by atoms with E-state index in [0.29, 0.717) is 23.9 Å². The third-order valence-corrected chi connectivity index (χ3v) is 4.55. The van der Waals surface area contributed by atoms with E-state index in [1.54, 1.807) is 12.1 Å². The van der Waals surface area contributed by atoms with Crippen LogP contribution in [-0.2, 0) is 14.8 Å². The summed E-state index contributed by atoms with van der Waals surface area (Å²) in [5, 5.41) is 3.32. The van der Waals surface area contributed by atoms with Gasteiger partial charge in [-0.15, -0.1) is 0 Å². The fourth-order valence-electron chi connectivity index (χ4n) is 2.02. The van der Waals surface area contributed by atoms with Crippen LogP contribution in [0.1, 0.15) is 6.42 Å². The molecule has 1 aromatic carbocycles. The van der Waals surface area contributed by atoms with Crippen molar-refractivity contribution in [3.05, 3.63) is 23.2 Å². The molecule has 0 unspecified atom stereocenters. The molecule has 19 heavy (non-hydrogen) atoms. The van der Waals surface area contributed by atoms with Crippen molar-refractivity contribution in [2.45, 2.75) is 17.4 Å². The molecule has 0 saturated carbocycles. The molecule has 1 fully saturated rings. The lowest BCUT2D eigenvalue weighted by Gasteiger charge is -2.22. The Labute approximate surface area is 115 Å². The Balaban J connectivity index is 1.97. The van der Waals surface area contributed by atoms with E-state index in [4.69, 9.17) is 16.3 Å². The SMILES string of the molecule is O=S1(=O)NC(=N[C@@H]2CCOC2)Nc2ccc(Cl)cc21. The first-order valence-corrected chi connectivity index (χ1v) is 7.66. The number of benzene rings is 1.